The molecule has 4 nitrogen and oxygen atoms in total. The molecule has 1 aliphatic heterocycles. The number of hydrogen-bond donors (Lipinski definition) is 1. The summed E-state index contributed by atoms with van der Waals surface area (Å²) >= 11 is 0. The van der Waals surface area contributed by atoms with Crippen molar-refractivity contribution in [2.75, 3.05) is 26.9 Å². The standard InChI is InChI=1S/C14H19NO3/c1-17-14-3-2-11(8-12(14)13(16)9-15)10-4-6-18-7-5-10/h2-3,8,10H,4-7,9,15H2,1H3. The van der Waals surface area contributed by atoms with Crippen LogP contribution in [0.5, 0.6) is 5.75 Å². The fourth-order valence-electron chi connectivity index (χ4n) is 2.34. The molecule has 1 aromatic carbocycles. The first-order valence-corrected chi connectivity index (χ1v) is 6.25. The van der Waals surface area contributed by atoms with E-state index in [0.29, 0.717) is 17.2 Å². The van der Waals surface area contributed by atoms with Crippen LogP contribution in [-0.2, 0) is 4.74 Å². The van der Waals surface area contributed by atoms with Crippen molar-refractivity contribution in [3.05, 3.63) is 29.3 Å². The van der Waals surface area contributed by atoms with Gasteiger partial charge in [0.2, 0.25) is 0 Å². The monoisotopic (exact) mass is 249 g/mol. The number of ether oxygens (including phenoxy) is 2. The van der Waals surface area contributed by atoms with Crippen molar-refractivity contribution in [1.82, 2.24) is 0 Å². The maximum Gasteiger partial charge on any atom is 0.180 e. The van der Waals surface area contributed by atoms with Gasteiger partial charge in [-0.15, -0.1) is 0 Å². The van der Waals surface area contributed by atoms with Crippen molar-refractivity contribution >= 4 is 5.78 Å². The van der Waals surface area contributed by atoms with Crippen molar-refractivity contribution < 1.29 is 14.3 Å². The number of hydrogen-bond acceptors (Lipinski definition) is 4. The van der Waals surface area contributed by atoms with Crippen LogP contribution in [0.1, 0.15) is 34.7 Å². The molecule has 1 aliphatic rings. The first-order chi connectivity index (χ1) is 8.76. The average molecular weight is 249 g/mol. The van der Waals surface area contributed by atoms with Crippen molar-refractivity contribution in [2.24, 2.45) is 5.73 Å². The molecule has 0 aliphatic carbocycles. The lowest BCUT2D eigenvalue weighted by Crippen LogP contribution is -2.17. The largest absolute Gasteiger partial charge is 0.496 e. The van der Waals surface area contributed by atoms with E-state index in [9.17, 15) is 4.79 Å². The molecule has 2 rings (SSSR count). The minimum Gasteiger partial charge on any atom is -0.496 e. The molecular formula is C14H19NO3. The van der Waals surface area contributed by atoms with Gasteiger partial charge in [0, 0.05) is 13.2 Å². The van der Waals surface area contributed by atoms with Gasteiger partial charge in [0.15, 0.2) is 5.78 Å². The van der Waals surface area contributed by atoms with Crippen LogP contribution in [0.2, 0.25) is 0 Å². The van der Waals surface area contributed by atoms with E-state index in [1.807, 2.05) is 18.2 Å². The Morgan fingerprint density at radius 1 is 1.44 bits per heavy atom. The van der Waals surface area contributed by atoms with Gasteiger partial charge in [0.1, 0.15) is 5.75 Å². The van der Waals surface area contributed by atoms with Gasteiger partial charge in [0.05, 0.1) is 19.2 Å². The van der Waals surface area contributed by atoms with Gasteiger partial charge in [0.25, 0.3) is 0 Å². The van der Waals surface area contributed by atoms with E-state index in [1.54, 1.807) is 7.11 Å². The minimum atomic E-state index is -0.0826. The second-order valence-electron chi connectivity index (χ2n) is 4.47. The summed E-state index contributed by atoms with van der Waals surface area (Å²) in [7, 11) is 1.57. The zero-order valence-corrected chi connectivity index (χ0v) is 10.6. The molecule has 0 aromatic heterocycles. The molecule has 0 bridgehead atoms. The van der Waals surface area contributed by atoms with E-state index in [4.69, 9.17) is 15.2 Å². The lowest BCUT2D eigenvalue weighted by Gasteiger charge is -2.23. The fourth-order valence-corrected chi connectivity index (χ4v) is 2.34. The smallest absolute Gasteiger partial charge is 0.180 e. The lowest BCUT2D eigenvalue weighted by molar-refractivity contribution is 0.0853. The normalized spacial score (nSPS) is 16.6. The molecule has 0 saturated carbocycles. The van der Waals surface area contributed by atoms with E-state index in [-0.39, 0.29) is 12.3 Å². The predicted octanol–water partition coefficient (Wildman–Crippen LogP) is 1.73. The molecule has 0 radical (unpaired) electrons. The zero-order valence-electron chi connectivity index (χ0n) is 10.6. The summed E-state index contributed by atoms with van der Waals surface area (Å²) in [5.41, 5.74) is 7.19. The molecule has 0 atom stereocenters. The molecular weight excluding hydrogens is 230 g/mol. The Balaban J connectivity index is 2.29. The summed E-state index contributed by atoms with van der Waals surface area (Å²) in [5, 5.41) is 0. The van der Waals surface area contributed by atoms with Gasteiger partial charge in [-0.3, -0.25) is 4.79 Å². The Labute approximate surface area is 107 Å². The highest BCUT2D eigenvalue weighted by Crippen LogP contribution is 2.30. The number of nitrogens with two attached hydrogens (primary N) is 1. The second kappa shape index (κ2) is 5.98. The highest BCUT2D eigenvalue weighted by molar-refractivity contribution is 6.00. The molecule has 1 saturated heterocycles. The SMILES string of the molecule is COc1ccc(C2CCOCC2)cc1C(=O)CN. The summed E-state index contributed by atoms with van der Waals surface area (Å²) in [6.45, 7) is 1.58. The highest BCUT2D eigenvalue weighted by Gasteiger charge is 2.19. The Hall–Kier alpha value is -1.39. The number of methoxy groups -OCH3 is 1. The van der Waals surface area contributed by atoms with E-state index in [2.05, 4.69) is 0 Å². The number of ketones is 1. The molecule has 1 aromatic rings. The number of carbonyl (C=O) groups excluding carboxylic acids is 1. The van der Waals surface area contributed by atoms with Crippen LogP contribution in [0.25, 0.3) is 0 Å². The Bertz CT molecular complexity index is 425. The molecule has 1 heterocycles. The van der Waals surface area contributed by atoms with E-state index in [1.165, 1.54) is 5.56 Å². The van der Waals surface area contributed by atoms with Crippen LogP contribution in [0.3, 0.4) is 0 Å². The second-order valence-corrected chi connectivity index (χ2v) is 4.47. The van der Waals surface area contributed by atoms with Crippen LogP contribution >= 0.6 is 0 Å². The highest BCUT2D eigenvalue weighted by atomic mass is 16.5. The maximum absolute atomic E-state index is 11.8. The summed E-state index contributed by atoms with van der Waals surface area (Å²) in [6, 6.07) is 5.81. The van der Waals surface area contributed by atoms with Crippen molar-refractivity contribution in [2.45, 2.75) is 18.8 Å². The number of Topliss-reactive ketones (excluding diaryl/α,β-unsaturated/α-hetero) is 1. The predicted molar refractivity (Wildman–Crippen MR) is 69.2 cm³/mol. The molecule has 18 heavy (non-hydrogen) atoms. The third-order valence-corrected chi connectivity index (χ3v) is 3.40. The van der Waals surface area contributed by atoms with Gasteiger partial charge in [-0.05, 0) is 36.5 Å². The van der Waals surface area contributed by atoms with Gasteiger partial charge in [-0.25, -0.2) is 0 Å². The summed E-state index contributed by atoms with van der Waals surface area (Å²) < 4.78 is 10.6. The molecule has 0 amide bonds. The first kappa shape index (κ1) is 13.1. The zero-order chi connectivity index (χ0) is 13.0. The van der Waals surface area contributed by atoms with Crippen LogP contribution in [-0.4, -0.2) is 32.7 Å². The number of carbonyl (C=O) groups is 1. The summed E-state index contributed by atoms with van der Waals surface area (Å²) in [4.78, 5) is 11.8. The average Bonchev–Trinajstić information content (AvgIpc) is 2.46. The number of rotatable bonds is 4. The third-order valence-electron chi connectivity index (χ3n) is 3.40. The topological polar surface area (TPSA) is 61.5 Å². The molecule has 0 unspecified atom stereocenters. The van der Waals surface area contributed by atoms with Gasteiger partial charge >= 0.3 is 0 Å². The van der Waals surface area contributed by atoms with E-state index >= 15 is 0 Å². The Kier molecular flexibility index (Phi) is 4.33. The Morgan fingerprint density at radius 2 is 2.17 bits per heavy atom. The van der Waals surface area contributed by atoms with Gasteiger partial charge < -0.3 is 15.2 Å². The molecule has 2 N–H and O–H groups in total. The summed E-state index contributed by atoms with van der Waals surface area (Å²) in [6.07, 6.45) is 2.01. The van der Waals surface area contributed by atoms with Crippen molar-refractivity contribution in [1.29, 1.82) is 0 Å². The van der Waals surface area contributed by atoms with Crippen LogP contribution in [0, 0.1) is 0 Å². The quantitative estimate of drug-likeness (QED) is 0.825. The Morgan fingerprint density at radius 3 is 2.78 bits per heavy atom. The minimum absolute atomic E-state index is 0.00753. The van der Waals surface area contributed by atoms with E-state index < -0.39 is 0 Å². The molecule has 98 valence electrons. The molecule has 1 fully saturated rings. The third kappa shape index (κ3) is 2.71. The maximum atomic E-state index is 11.8. The van der Waals surface area contributed by atoms with E-state index in [0.717, 1.165) is 26.1 Å². The fraction of sp³-hybridized carbons (Fsp3) is 0.500. The summed E-state index contributed by atoms with van der Waals surface area (Å²) in [5.74, 6) is 0.982. The molecule has 4 heteroatoms. The first-order valence-electron chi connectivity index (χ1n) is 6.25. The van der Waals surface area contributed by atoms with Gasteiger partial charge in [-0.1, -0.05) is 6.07 Å². The molecule has 0 spiro atoms. The number of benzene rings is 1. The van der Waals surface area contributed by atoms with Crippen molar-refractivity contribution in [3.63, 3.8) is 0 Å². The van der Waals surface area contributed by atoms with Crippen LogP contribution in [0.4, 0.5) is 0 Å². The van der Waals surface area contributed by atoms with Crippen LogP contribution in [0.15, 0.2) is 18.2 Å². The lowest BCUT2D eigenvalue weighted by atomic mass is 9.90. The van der Waals surface area contributed by atoms with Crippen LogP contribution < -0.4 is 10.5 Å². The van der Waals surface area contributed by atoms with Gasteiger partial charge in [-0.2, -0.15) is 0 Å². The van der Waals surface area contributed by atoms with Crippen molar-refractivity contribution in [3.8, 4) is 5.75 Å².